The van der Waals surface area contributed by atoms with Crippen molar-refractivity contribution < 1.29 is 14.6 Å². The predicted molar refractivity (Wildman–Crippen MR) is 68.8 cm³/mol. The topological polar surface area (TPSA) is 58.6 Å². The van der Waals surface area contributed by atoms with Gasteiger partial charge in [0.05, 0.1) is 0 Å². The zero-order chi connectivity index (χ0) is 13.3. The predicted octanol–water partition coefficient (Wildman–Crippen LogP) is 1.72. The lowest BCUT2D eigenvalue weighted by Gasteiger charge is -2.30. The molecule has 1 amide bonds. The fraction of sp³-hybridized carbons (Fsp3) is 0.923. The first-order valence-corrected chi connectivity index (χ1v) is 6.48. The van der Waals surface area contributed by atoms with E-state index in [-0.39, 0.29) is 11.8 Å². The van der Waals surface area contributed by atoms with Crippen molar-refractivity contribution in [3.63, 3.8) is 0 Å². The summed E-state index contributed by atoms with van der Waals surface area (Å²) in [5.74, 6) is -0.325. The molecule has 0 bridgehead atoms. The van der Waals surface area contributed by atoms with Crippen molar-refractivity contribution in [2.75, 3.05) is 20.3 Å². The van der Waals surface area contributed by atoms with Gasteiger partial charge in [0.25, 0.3) is 5.91 Å². The summed E-state index contributed by atoms with van der Waals surface area (Å²) >= 11 is 0. The highest BCUT2D eigenvalue weighted by atomic mass is 16.5. The van der Waals surface area contributed by atoms with Gasteiger partial charge in [0.1, 0.15) is 5.60 Å². The molecule has 0 heterocycles. The lowest BCUT2D eigenvalue weighted by molar-refractivity contribution is -0.145. The summed E-state index contributed by atoms with van der Waals surface area (Å²) < 4.78 is 4.91. The van der Waals surface area contributed by atoms with E-state index < -0.39 is 5.60 Å². The van der Waals surface area contributed by atoms with E-state index in [0.717, 1.165) is 19.3 Å². The normalized spacial score (nSPS) is 14.7. The number of unbranched alkanes of at least 4 members (excludes halogenated alkanes) is 1. The Bertz CT molecular complexity index is 219. The SMILES string of the molecule is CCCCC(O)(C(=O)NCCCOC)C(C)C. The van der Waals surface area contributed by atoms with Crippen LogP contribution in [0, 0.1) is 5.92 Å². The molecule has 102 valence electrons. The molecule has 0 aliphatic heterocycles. The van der Waals surface area contributed by atoms with Crippen molar-refractivity contribution in [2.24, 2.45) is 5.92 Å². The Balaban J connectivity index is 4.23. The molecule has 2 N–H and O–H groups in total. The molecule has 0 aliphatic rings. The standard InChI is InChI=1S/C13H27NO3/c1-5-6-8-13(16,11(2)3)12(15)14-9-7-10-17-4/h11,16H,5-10H2,1-4H3,(H,14,15). The number of methoxy groups -OCH3 is 1. The first-order chi connectivity index (χ1) is 7.99. The minimum atomic E-state index is -1.23. The monoisotopic (exact) mass is 245 g/mol. The Morgan fingerprint density at radius 2 is 2.06 bits per heavy atom. The third kappa shape index (κ3) is 5.50. The minimum absolute atomic E-state index is 0.0727. The van der Waals surface area contributed by atoms with Crippen LogP contribution in [0.5, 0.6) is 0 Å². The number of rotatable bonds is 9. The van der Waals surface area contributed by atoms with Gasteiger partial charge in [0.2, 0.25) is 0 Å². The van der Waals surface area contributed by atoms with Crippen molar-refractivity contribution in [3.05, 3.63) is 0 Å². The van der Waals surface area contributed by atoms with Gasteiger partial charge in [-0.2, -0.15) is 0 Å². The number of carbonyl (C=O) groups excluding carboxylic acids is 1. The van der Waals surface area contributed by atoms with E-state index in [1.165, 1.54) is 0 Å². The molecule has 1 atom stereocenters. The molecule has 17 heavy (non-hydrogen) atoms. The van der Waals surface area contributed by atoms with Crippen molar-refractivity contribution in [3.8, 4) is 0 Å². The molecule has 0 aliphatic carbocycles. The number of carbonyl (C=O) groups is 1. The third-order valence-corrected chi connectivity index (χ3v) is 3.07. The summed E-state index contributed by atoms with van der Waals surface area (Å²) in [6, 6.07) is 0. The van der Waals surface area contributed by atoms with E-state index in [2.05, 4.69) is 12.2 Å². The molecular weight excluding hydrogens is 218 g/mol. The number of aliphatic hydroxyl groups is 1. The lowest BCUT2D eigenvalue weighted by Crippen LogP contribution is -2.50. The summed E-state index contributed by atoms with van der Waals surface area (Å²) in [6.45, 7) is 6.98. The first kappa shape index (κ1) is 16.4. The molecule has 0 spiro atoms. The molecule has 0 rings (SSSR count). The van der Waals surface area contributed by atoms with Gasteiger partial charge in [0, 0.05) is 20.3 Å². The van der Waals surface area contributed by atoms with Crippen LogP contribution in [0.25, 0.3) is 0 Å². The van der Waals surface area contributed by atoms with Gasteiger partial charge >= 0.3 is 0 Å². The second-order valence-electron chi connectivity index (χ2n) is 4.78. The lowest BCUT2D eigenvalue weighted by atomic mass is 9.84. The summed E-state index contributed by atoms with van der Waals surface area (Å²) in [6.07, 6.45) is 3.13. The zero-order valence-electron chi connectivity index (χ0n) is 11.6. The smallest absolute Gasteiger partial charge is 0.252 e. The van der Waals surface area contributed by atoms with Crippen molar-refractivity contribution in [1.29, 1.82) is 0 Å². The maximum Gasteiger partial charge on any atom is 0.252 e. The Labute approximate surface area is 105 Å². The molecule has 0 saturated heterocycles. The van der Waals surface area contributed by atoms with E-state index in [1.54, 1.807) is 7.11 Å². The maximum atomic E-state index is 12.0. The zero-order valence-corrected chi connectivity index (χ0v) is 11.6. The second kappa shape index (κ2) is 8.48. The highest BCUT2D eigenvalue weighted by Crippen LogP contribution is 2.24. The summed E-state index contributed by atoms with van der Waals surface area (Å²) in [5, 5.41) is 13.2. The van der Waals surface area contributed by atoms with Gasteiger partial charge in [-0.1, -0.05) is 33.6 Å². The van der Waals surface area contributed by atoms with Crippen molar-refractivity contribution in [2.45, 2.75) is 52.1 Å². The number of ether oxygens (including phenoxy) is 1. The Hall–Kier alpha value is -0.610. The Kier molecular flexibility index (Phi) is 8.17. The molecule has 4 nitrogen and oxygen atoms in total. The highest BCUT2D eigenvalue weighted by molar-refractivity contribution is 5.85. The fourth-order valence-corrected chi connectivity index (χ4v) is 1.68. The first-order valence-electron chi connectivity index (χ1n) is 6.48. The van der Waals surface area contributed by atoms with Crippen LogP contribution in [0.4, 0.5) is 0 Å². The quantitative estimate of drug-likeness (QED) is 0.608. The third-order valence-electron chi connectivity index (χ3n) is 3.07. The summed E-state index contributed by atoms with van der Waals surface area (Å²) in [5.41, 5.74) is -1.23. The molecule has 0 fully saturated rings. The van der Waals surface area contributed by atoms with E-state index in [4.69, 9.17) is 4.74 Å². The number of amides is 1. The van der Waals surface area contributed by atoms with Gasteiger partial charge in [-0.3, -0.25) is 4.79 Å². The van der Waals surface area contributed by atoms with Gasteiger partial charge in [-0.25, -0.2) is 0 Å². The van der Waals surface area contributed by atoms with E-state index in [9.17, 15) is 9.90 Å². The second-order valence-corrected chi connectivity index (χ2v) is 4.78. The number of hydrogen-bond acceptors (Lipinski definition) is 3. The number of nitrogens with one attached hydrogen (secondary N) is 1. The molecular formula is C13H27NO3. The van der Waals surface area contributed by atoms with Crippen LogP contribution in [-0.4, -0.2) is 36.9 Å². The molecule has 4 heteroatoms. The van der Waals surface area contributed by atoms with Crippen LogP contribution in [0.3, 0.4) is 0 Å². The largest absolute Gasteiger partial charge is 0.385 e. The van der Waals surface area contributed by atoms with Crippen LogP contribution in [0.2, 0.25) is 0 Å². The van der Waals surface area contributed by atoms with E-state index in [0.29, 0.717) is 19.6 Å². The fourth-order valence-electron chi connectivity index (χ4n) is 1.68. The van der Waals surface area contributed by atoms with Gasteiger partial charge in [-0.05, 0) is 18.8 Å². The molecule has 0 radical (unpaired) electrons. The average molecular weight is 245 g/mol. The molecule has 1 unspecified atom stereocenters. The van der Waals surface area contributed by atoms with Gasteiger partial charge in [0.15, 0.2) is 0 Å². The summed E-state index contributed by atoms with van der Waals surface area (Å²) in [7, 11) is 1.63. The van der Waals surface area contributed by atoms with Crippen LogP contribution >= 0.6 is 0 Å². The van der Waals surface area contributed by atoms with Crippen molar-refractivity contribution in [1.82, 2.24) is 5.32 Å². The summed E-state index contributed by atoms with van der Waals surface area (Å²) in [4.78, 5) is 12.0. The molecule has 0 aromatic heterocycles. The Morgan fingerprint density at radius 3 is 2.53 bits per heavy atom. The minimum Gasteiger partial charge on any atom is -0.385 e. The maximum absolute atomic E-state index is 12.0. The molecule has 0 aromatic carbocycles. The van der Waals surface area contributed by atoms with Gasteiger partial charge < -0.3 is 15.2 Å². The van der Waals surface area contributed by atoms with Crippen LogP contribution < -0.4 is 5.32 Å². The van der Waals surface area contributed by atoms with Crippen LogP contribution in [0.15, 0.2) is 0 Å². The van der Waals surface area contributed by atoms with Crippen LogP contribution in [-0.2, 0) is 9.53 Å². The highest BCUT2D eigenvalue weighted by Gasteiger charge is 2.38. The van der Waals surface area contributed by atoms with E-state index >= 15 is 0 Å². The number of hydrogen-bond donors (Lipinski definition) is 2. The van der Waals surface area contributed by atoms with E-state index in [1.807, 2.05) is 13.8 Å². The van der Waals surface area contributed by atoms with Crippen LogP contribution in [0.1, 0.15) is 46.5 Å². The molecule has 0 saturated carbocycles. The average Bonchev–Trinajstić information content (AvgIpc) is 2.31. The van der Waals surface area contributed by atoms with Gasteiger partial charge in [-0.15, -0.1) is 0 Å². The molecule has 0 aromatic rings. The van der Waals surface area contributed by atoms with Crippen molar-refractivity contribution >= 4 is 5.91 Å². The Morgan fingerprint density at radius 1 is 1.41 bits per heavy atom.